The smallest absolute Gasteiger partial charge is 0.163 e. The third-order valence-corrected chi connectivity index (χ3v) is 3.50. The van der Waals surface area contributed by atoms with Gasteiger partial charge in [0.15, 0.2) is 5.78 Å². The van der Waals surface area contributed by atoms with E-state index >= 15 is 0 Å². The predicted octanol–water partition coefficient (Wildman–Crippen LogP) is 3.39. The van der Waals surface area contributed by atoms with Gasteiger partial charge in [-0.2, -0.15) is 0 Å². The van der Waals surface area contributed by atoms with Crippen molar-refractivity contribution in [1.29, 1.82) is 0 Å². The summed E-state index contributed by atoms with van der Waals surface area (Å²) < 4.78 is 0. The predicted molar refractivity (Wildman–Crippen MR) is 82.7 cm³/mol. The monoisotopic (exact) mass is 367 g/mol. The van der Waals surface area contributed by atoms with E-state index < -0.39 is 0 Å². The van der Waals surface area contributed by atoms with Gasteiger partial charge in [0.25, 0.3) is 0 Å². The Hall–Kier alpha value is 0.200. The maximum atomic E-state index is 11.8. The van der Waals surface area contributed by atoms with Crippen LogP contribution in [-0.2, 0) is 13.5 Å². The van der Waals surface area contributed by atoms with Gasteiger partial charge < -0.3 is 0 Å². The van der Waals surface area contributed by atoms with Crippen LogP contribution in [0, 0.1) is 0 Å². The molecule has 0 aliphatic heterocycles. The number of benzene rings is 1. The van der Waals surface area contributed by atoms with E-state index in [0.29, 0.717) is 11.2 Å². The Morgan fingerprint density at radius 1 is 1.25 bits per heavy atom. The summed E-state index contributed by atoms with van der Waals surface area (Å²) in [7, 11) is 0. The number of rotatable bonds is 6. The second-order valence-corrected chi connectivity index (χ2v) is 5.51. The van der Waals surface area contributed by atoms with Crippen LogP contribution in [0.15, 0.2) is 30.3 Å². The minimum Gasteiger partial charge on any atom is -0.294 e. The molecule has 90 valence electrons. The Labute approximate surface area is 121 Å². The van der Waals surface area contributed by atoms with Gasteiger partial charge in [-0.05, 0) is 12.8 Å². The highest BCUT2D eigenvalue weighted by atomic mass is 79.9. The lowest BCUT2D eigenvalue weighted by atomic mass is 10.1. The van der Waals surface area contributed by atoms with Crippen LogP contribution in [0.5, 0.6) is 0 Å². The van der Waals surface area contributed by atoms with Gasteiger partial charge in [0.1, 0.15) is 0 Å². The van der Waals surface area contributed by atoms with Crippen LogP contribution in [0.3, 0.4) is 0 Å². The molecule has 0 radical (unpaired) electrons. The SMILES string of the molecule is O=C(CC(Br)CCCBr)c1ccccc1.[SH3+]. The summed E-state index contributed by atoms with van der Waals surface area (Å²) in [4.78, 5) is 12.1. The summed E-state index contributed by atoms with van der Waals surface area (Å²) in [5, 5.41) is 0.995. The number of hydrogen-bond acceptors (Lipinski definition) is 1. The third kappa shape index (κ3) is 6.06. The summed E-state index contributed by atoms with van der Waals surface area (Å²) in [6.45, 7) is 0. The van der Waals surface area contributed by atoms with E-state index in [-0.39, 0.29) is 19.3 Å². The Morgan fingerprint density at radius 2 is 1.88 bits per heavy atom. The van der Waals surface area contributed by atoms with Crippen LogP contribution in [0.1, 0.15) is 29.6 Å². The number of halogens is 2. The molecule has 0 N–H and O–H groups in total. The topological polar surface area (TPSA) is 17.1 Å². The lowest BCUT2D eigenvalue weighted by Gasteiger charge is -2.07. The summed E-state index contributed by atoms with van der Waals surface area (Å²) in [6.07, 6.45) is 2.71. The average molecular weight is 369 g/mol. The highest BCUT2D eigenvalue weighted by molar-refractivity contribution is 9.09. The number of ketones is 1. The van der Waals surface area contributed by atoms with Crippen molar-refractivity contribution in [1.82, 2.24) is 0 Å². The minimum absolute atomic E-state index is 0. The van der Waals surface area contributed by atoms with Gasteiger partial charge in [-0.15, -0.1) is 0 Å². The molecule has 1 nitrogen and oxygen atoms in total. The lowest BCUT2D eigenvalue weighted by molar-refractivity contribution is 0.0982. The lowest BCUT2D eigenvalue weighted by Crippen LogP contribution is -2.08. The van der Waals surface area contributed by atoms with E-state index in [1.165, 1.54) is 0 Å². The number of hydrogen-bond donors (Lipinski definition) is 0. The molecule has 1 aromatic carbocycles. The van der Waals surface area contributed by atoms with E-state index in [1.54, 1.807) is 0 Å². The summed E-state index contributed by atoms with van der Waals surface area (Å²) in [5.74, 6) is 0.215. The molecule has 1 unspecified atom stereocenters. The van der Waals surface area contributed by atoms with Gasteiger partial charge in [0.05, 0.1) is 0 Å². The standard InChI is InChI=1S/C12H14Br2O.H2S/c13-8-4-7-11(14)9-12(15)10-5-2-1-3-6-10;/h1-3,5-6,11H,4,7-9H2;1H2/p+1. The normalized spacial score (nSPS) is 11.6. The number of alkyl halides is 2. The van der Waals surface area contributed by atoms with Gasteiger partial charge in [-0.25, -0.2) is 0 Å². The fraction of sp³-hybridized carbons (Fsp3) is 0.417. The van der Waals surface area contributed by atoms with E-state index in [0.717, 1.165) is 23.7 Å². The van der Waals surface area contributed by atoms with E-state index in [1.807, 2.05) is 30.3 Å². The Kier molecular flexibility index (Phi) is 9.37. The fourth-order valence-electron chi connectivity index (χ4n) is 1.34. The summed E-state index contributed by atoms with van der Waals surface area (Å²) in [5.41, 5.74) is 0.806. The molecule has 0 aliphatic carbocycles. The van der Waals surface area contributed by atoms with E-state index in [9.17, 15) is 4.79 Å². The van der Waals surface area contributed by atoms with Gasteiger partial charge in [0.2, 0.25) is 0 Å². The molecule has 0 saturated heterocycles. The molecular formula is C12H17Br2OS+. The number of carbonyl (C=O) groups excluding carboxylic acids is 1. The first-order valence-electron chi connectivity index (χ1n) is 5.02. The molecule has 4 heteroatoms. The van der Waals surface area contributed by atoms with Crippen LogP contribution in [0.25, 0.3) is 0 Å². The van der Waals surface area contributed by atoms with Crippen molar-refractivity contribution in [2.45, 2.75) is 24.1 Å². The quantitative estimate of drug-likeness (QED) is 0.427. The maximum Gasteiger partial charge on any atom is 0.163 e. The zero-order valence-electron chi connectivity index (χ0n) is 9.03. The molecular weight excluding hydrogens is 352 g/mol. The summed E-state index contributed by atoms with van der Waals surface area (Å²) >= 11 is 6.92. The Bertz CT molecular complexity index is 303. The van der Waals surface area contributed by atoms with Crippen molar-refractivity contribution in [3.8, 4) is 0 Å². The van der Waals surface area contributed by atoms with Crippen molar-refractivity contribution in [2.75, 3.05) is 5.33 Å². The first kappa shape index (κ1) is 16.2. The van der Waals surface area contributed by atoms with Crippen LogP contribution in [0.4, 0.5) is 0 Å². The molecule has 0 amide bonds. The third-order valence-electron chi connectivity index (χ3n) is 2.15. The highest BCUT2D eigenvalue weighted by Gasteiger charge is 2.11. The first-order valence-corrected chi connectivity index (χ1v) is 7.06. The van der Waals surface area contributed by atoms with E-state index in [4.69, 9.17) is 0 Å². The van der Waals surface area contributed by atoms with Crippen LogP contribution in [-0.4, -0.2) is 15.9 Å². The molecule has 0 heterocycles. The second-order valence-electron chi connectivity index (χ2n) is 3.42. The zero-order chi connectivity index (χ0) is 11.1. The van der Waals surface area contributed by atoms with Gasteiger partial charge >= 0.3 is 0 Å². The molecule has 0 aliphatic rings. The highest BCUT2D eigenvalue weighted by Crippen LogP contribution is 2.16. The second kappa shape index (κ2) is 9.25. The Balaban J connectivity index is 0.00000225. The first-order chi connectivity index (χ1) is 7.24. The molecule has 0 bridgehead atoms. The molecule has 1 aromatic rings. The van der Waals surface area contributed by atoms with Gasteiger partial charge in [-0.3, -0.25) is 4.79 Å². The van der Waals surface area contributed by atoms with Crippen molar-refractivity contribution >= 4 is 51.1 Å². The van der Waals surface area contributed by atoms with Gasteiger partial charge in [-0.1, -0.05) is 75.7 Å². The Morgan fingerprint density at radius 3 is 2.44 bits per heavy atom. The largest absolute Gasteiger partial charge is 0.294 e. The molecule has 16 heavy (non-hydrogen) atoms. The molecule has 0 saturated carbocycles. The van der Waals surface area contributed by atoms with Crippen LogP contribution in [0.2, 0.25) is 0 Å². The van der Waals surface area contributed by atoms with E-state index in [2.05, 4.69) is 31.9 Å². The molecule has 0 spiro atoms. The number of Topliss-reactive ketones (excluding diaryl/α,β-unsaturated/α-hetero) is 1. The molecule has 0 fully saturated rings. The van der Waals surface area contributed by atoms with Crippen molar-refractivity contribution < 1.29 is 4.79 Å². The molecule has 1 rings (SSSR count). The van der Waals surface area contributed by atoms with Crippen LogP contribution >= 0.6 is 31.9 Å². The maximum absolute atomic E-state index is 11.8. The van der Waals surface area contributed by atoms with Crippen molar-refractivity contribution in [3.63, 3.8) is 0 Å². The molecule has 0 aromatic heterocycles. The fourth-order valence-corrected chi connectivity index (χ4v) is 2.29. The number of carbonyl (C=O) groups is 1. The average Bonchev–Trinajstić information content (AvgIpc) is 2.27. The molecule has 1 atom stereocenters. The van der Waals surface area contributed by atoms with Crippen molar-refractivity contribution in [3.05, 3.63) is 35.9 Å². The minimum atomic E-state index is 0. The van der Waals surface area contributed by atoms with Gasteiger partial charge in [0, 0.05) is 22.1 Å². The zero-order valence-corrected chi connectivity index (χ0v) is 13.4. The van der Waals surface area contributed by atoms with Crippen LogP contribution < -0.4 is 0 Å². The van der Waals surface area contributed by atoms with Crippen molar-refractivity contribution in [2.24, 2.45) is 0 Å². The summed E-state index contributed by atoms with van der Waals surface area (Å²) in [6, 6.07) is 9.45.